The summed E-state index contributed by atoms with van der Waals surface area (Å²) in [6.45, 7) is 7.24. The minimum atomic E-state index is 0.312. The largest absolute Gasteiger partial charge is 0.305 e. The highest BCUT2D eigenvalue weighted by Crippen LogP contribution is 2.07. The normalized spacial score (nSPS) is 12.2. The molecule has 1 N–H and O–H groups in total. The molecule has 0 aliphatic rings. The Labute approximate surface area is 86.1 Å². The maximum absolute atomic E-state index is 4.29. The van der Waals surface area contributed by atoms with Crippen LogP contribution in [-0.2, 0) is 0 Å². The molecule has 0 radical (unpaired) electrons. The summed E-state index contributed by atoms with van der Waals surface area (Å²) in [5, 5.41) is 3.39. The van der Waals surface area contributed by atoms with Crippen LogP contribution in [0.4, 0.5) is 0 Å². The maximum Gasteiger partial charge on any atom is 0.0570 e. The van der Waals surface area contributed by atoms with E-state index in [0.29, 0.717) is 6.04 Å². The number of hydrogen-bond acceptors (Lipinski definition) is 2. The van der Waals surface area contributed by atoms with Crippen molar-refractivity contribution in [2.45, 2.75) is 26.8 Å². The van der Waals surface area contributed by atoms with Crippen LogP contribution in [0.1, 0.15) is 32.5 Å². The third-order valence-electron chi connectivity index (χ3n) is 2.07. The van der Waals surface area contributed by atoms with E-state index in [1.807, 2.05) is 24.4 Å². The van der Waals surface area contributed by atoms with E-state index in [-0.39, 0.29) is 0 Å². The van der Waals surface area contributed by atoms with E-state index in [1.165, 1.54) is 5.57 Å². The number of nitrogens with zero attached hydrogens (tertiary/aromatic N) is 1. The second-order valence-corrected chi connectivity index (χ2v) is 3.67. The highest BCUT2D eigenvalue weighted by molar-refractivity contribution is 5.08. The van der Waals surface area contributed by atoms with Gasteiger partial charge in [-0.2, -0.15) is 0 Å². The fourth-order valence-electron chi connectivity index (χ4n) is 1.18. The summed E-state index contributed by atoms with van der Waals surface area (Å²) in [7, 11) is 0. The lowest BCUT2D eigenvalue weighted by molar-refractivity contribution is 0.600. The molecule has 0 spiro atoms. The lowest BCUT2D eigenvalue weighted by atomic mass is 10.2. The van der Waals surface area contributed by atoms with Gasteiger partial charge in [0.1, 0.15) is 0 Å². The lowest BCUT2D eigenvalue weighted by Crippen LogP contribution is -2.19. The quantitative estimate of drug-likeness (QED) is 0.738. The monoisotopic (exact) mass is 190 g/mol. The van der Waals surface area contributed by atoms with Crippen LogP contribution in [-0.4, -0.2) is 11.5 Å². The van der Waals surface area contributed by atoms with Gasteiger partial charge < -0.3 is 5.32 Å². The van der Waals surface area contributed by atoms with Crippen molar-refractivity contribution in [2.24, 2.45) is 0 Å². The molecule has 2 heteroatoms. The third kappa shape index (κ3) is 3.71. The highest BCUT2D eigenvalue weighted by atomic mass is 14.9. The summed E-state index contributed by atoms with van der Waals surface area (Å²) in [5.41, 5.74) is 2.43. The van der Waals surface area contributed by atoms with E-state index in [1.54, 1.807) is 0 Å². The Morgan fingerprint density at radius 1 is 1.50 bits per heavy atom. The molecular formula is C12H18N2. The first-order chi connectivity index (χ1) is 6.70. The third-order valence-corrected chi connectivity index (χ3v) is 2.07. The van der Waals surface area contributed by atoms with E-state index < -0.39 is 0 Å². The molecule has 1 aromatic rings. The van der Waals surface area contributed by atoms with Crippen molar-refractivity contribution in [3.8, 4) is 0 Å². The Morgan fingerprint density at radius 3 is 2.86 bits per heavy atom. The number of nitrogens with one attached hydrogen (secondary N) is 1. The molecular weight excluding hydrogens is 172 g/mol. The molecule has 2 nitrogen and oxygen atoms in total. The van der Waals surface area contributed by atoms with Crippen LogP contribution in [0.2, 0.25) is 0 Å². The Kier molecular flexibility index (Phi) is 4.33. The first kappa shape index (κ1) is 10.9. The zero-order valence-corrected chi connectivity index (χ0v) is 9.12. The van der Waals surface area contributed by atoms with Gasteiger partial charge in [0.05, 0.1) is 5.69 Å². The molecule has 0 aliphatic heterocycles. The molecule has 0 fully saturated rings. The van der Waals surface area contributed by atoms with Crippen LogP contribution in [0.25, 0.3) is 0 Å². The van der Waals surface area contributed by atoms with Gasteiger partial charge in [-0.15, -0.1) is 0 Å². The minimum Gasteiger partial charge on any atom is -0.305 e. The van der Waals surface area contributed by atoms with Crippen molar-refractivity contribution >= 4 is 0 Å². The van der Waals surface area contributed by atoms with Crippen molar-refractivity contribution < 1.29 is 0 Å². The van der Waals surface area contributed by atoms with Gasteiger partial charge >= 0.3 is 0 Å². The van der Waals surface area contributed by atoms with Crippen LogP contribution in [0, 0.1) is 0 Å². The minimum absolute atomic E-state index is 0.312. The van der Waals surface area contributed by atoms with Crippen molar-refractivity contribution in [3.05, 3.63) is 41.7 Å². The Hall–Kier alpha value is -1.15. The summed E-state index contributed by atoms with van der Waals surface area (Å²) in [6, 6.07) is 6.31. The van der Waals surface area contributed by atoms with Crippen molar-refractivity contribution in [1.82, 2.24) is 10.3 Å². The molecule has 0 amide bonds. The average Bonchev–Trinajstić information content (AvgIpc) is 2.18. The number of pyridine rings is 1. The number of rotatable bonds is 4. The van der Waals surface area contributed by atoms with Crippen LogP contribution < -0.4 is 5.32 Å². The molecule has 1 rings (SSSR count). The molecule has 1 heterocycles. The van der Waals surface area contributed by atoms with Crippen molar-refractivity contribution in [2.75, 3.05) is 6.54 Å². The van der Waals surface area contributed by atoms with Crippen LogP contribution in [0.3, 0.4) is 0 Å². The van der Waals surface area contributed by atoms with Gasteiger partial charge in [-0.05, 0) is 32.9 Å². The van der Waals surface area contributed by atoms with Gasteiger partial charge in [0.25, 0.3) is 0 Å². The summed E-state index contributed by atoms with van der Waals surface area (Å²) >= 11 is 0. The molecule has 1 aromatic heterocycles. The van der Waals surface area contributed by atoms with E-state index >= 15 is 0 Å². The fourth-order valence-corrected chi connectivity index (χ4v) is 1.18. The van der Waals surface area contributed by atoms with E-state index in [0.717, 1.165) is 12.2 Å². The molecule has 0 saturated carbocycles. The van der Waals surface area contributed by atoms with E-state index in [2.05, 4.69) is 37.1 Å². The van der Waals surface area contributed by atoms with Crippen LogP contribution in [0.5, 0.6) is 0 Å². The summed E-state index contributed by atoms with van der Waals surface area (Å²) < 4.78 is 0. The molecule has 1 unspecified atom stereocenters. The molecule has 0 bridgehead atoms. The molecule has 0 aliphatic carbocycles. The van der Waals surface area contributed by atoms with Crippen molar-refractivity contribution in [3.63, 3.8) is 0 Å². The number of aromatic nitrogens is 1. The second-order valence-electron chi connectivity index (χ2n) is 3.67. The molecule has 1 atom stereocenters. The molecule has 76 valence electrons. The molecule has 0 saturated heterocycles. The van der Waals surface area contributed by atoms with Crippen LogP contribution in [0.15, 0.2) is 36.0 Å². The SMILES string of the molecule is CC(C)=CCNC(C)c1ccccn1. The molecule has 14 heavy (non-hydrogen) atoms. The zero-order valence-electron chi connectivity index (χ0n) is 9.12. The first-order valence-electron chi connectivity index (χ1n) is 4.98. The predicted octanol–water partition coefficient (Wildman–Crippen LogP) is 2.70. The van der Waals surface area contributed by atoms with Gasteiger partial charge in [0, 0.05) is 18.8 Å². The topological polar surface area (TPSA) is 24.9 Å². The van der Waals surface area contributed by atoms with Gasteiger partial charge in [0.2, 0.25) is 0 Å². The number of hydrogen-bond donors (Lipinski definition) is 1. The maximum atomic E-state index is 4.29. The Morgan fingerprint density at radius 2 is 2.29 bits per heavy atom. The van der Waals surface area contributed by atoms with Crippen molar-refractivity contribution in [1.29, 1.82) is 0 Å². The highest BCUT2D eigenvalue weighted by Gasteiger charge is 2.02. The van der Waals surface area contributed by atoms with Gasteiger partial charge in [-0.25, -0.2) is 0 Å². The standard InChI is InChI=1S/C12H18N2/c1-10(2)7-9-13-11(3)12-6-4-5-8-14-12/h4-8,11,13H,9H2,1-3H3. The Balaban J connectivity index is 2.43. The first-order valence-corrected chi connectivity index (χ1v) is 4.98. The van der Waals surface area contributed by atoms with Crippen LogP contribution >= 0.6 is 0 Å². The summed E-state index contributed by atoms with van der Waals surface area (Å²) in [5.74, 6) is 0. The Bertz CT molecular complexity index is 286. The van der Waals surface area contributed by atoms with Gasteiger partial charge in [-0.3, -0.25) is 4.98 Å². The predicted molar refractivity (Wildman–Crippen MR) is 60.1 cm³/mol. The average molecular weight is 190 g/mol. The van der Waals surface area contributed by atoms with E-state index in [9.17, 15) is 0 Å². The summed E-state index contributed by atoms with van der Waals surface area (Å²) in [4.78, 5) is 4.29. The summed E-state index contributed by atoms with van der Waals surface area (Å²) in [6.07, 6.45) is 4.01. The fraction of sp³-hybridized carbons (Fsp3) is 0.417. The van der Waals surface area contributed by atoms with E-state index in [4.69, 9.17) is 0 Å². The zero-order chi connectivity index (χ0) is 10.4. The second kappa shape index (κ2) is 5.55. The molecule has 0 aromatic carbocycles. The smallest absolute Gasteiger partial charge is 0.0570 e. The van der Waals surface area contributed by atoms with Gasteiger partial charge in [0.15, 0.2) is 0 Å². The lowest BCUT2D eigenvalue weighted by Gasteiger charge is -2.11. The number of allylic oxidation sites excluding steroid dienone is 1. The van der Waals surface area contributed by atoms with Gasteiger partial charge in [-0.1, -0.05) is 17.7 Å².